The van der Waals surface area contributed by atoms with Gasteiger partial charge in [0.25, 0.3) is 5.91 Å². The summed E-state index contributed by atoms with van der Waals surface area (Å²) in [5.74, 6) is -0.995. The van der Waals surface area contributed by atoms with E-state index in [9.17, 15) is 19.1 Å². The quantitative estimate of drug-likeness (QED) is 0.163. The summed E-state index contributed by atoms with van der Waals surface area (Å²) < 4.78 is 25.9. The molecular formula is C36H30Cl2FN5O5. The molecule has 250 valence electrons. The smallest absolute Gasteiger partial charge is 0.251 e. The highest BCUT2D eigenvalue weighted by atomic mass is 35.5. The molecular weight excluding hydrogens is 672 g/mol. The Kier molecular flexibility index (Phi) is 8.17. The number of nitrogens with two attached hydrogens (primary N) is 1. The van der Waals surface area contributed by atoms with Crippen LogP contribution in [0.25, 0.3) is 22.2 Å². The summed E-state index contributed by atoms with van der Waals surface area (Å²) in [5.41, 5.74) is 5.32. The summed E-state index contributed by atoms with van der Waals surface area (Å²) in [7, 11) is 1.49. The van der Waals surface area contributed by atoms with Crippen LogP contribution in [-0.4, -0.2) is 52.4 Å². The number of amides is 2. The van der Waals surface area contributed by atoms with Crippen molar-refractivity contribution in [3.05, 3.63) is 111 Å². The summed E-state index contributed by atoms with van der Waals surface area (Å²) in [6.07, 6.45) is 2.08. The molecule has 10 nitrogen and oxygen atoms in total. The first kappa shape index (κ1) is 32.7. The van der Waals surface area contributed by atoms with E-state index >= 15 is 0 Å². The number of pyridine rings is 1. The SMILES string of the molecule is COc1cc(C(=O)NC[C@@](O)(c2ccccc2)c2cc3c(c(-c4ccc(F)c(Cl)c4Cl)n2)OC[C@]3(C)C(N)=O)cc2cc(C3CC3)nnc12. The van der Waals surface area contributed by atoms with E-state index in [0.717, 1.165) is 24.6 Å². The Labute approximate surface area is 290 Å². The zero-order chi connectivity index (χ0) is 34.7. The van der Waals surface area contributed by atoms with Crippen LogP contribution >= 0.6 is 23.2 Å². The second-order valence-corrected chi connectivity index (χ2v) is 13.3. The second kappa shape index (κ2) is 12.2. The van der Waals surface area contributed by atoms with Crippen LogP contribution in [0.3, 0.4) is 0 Å². The summed E-state index contributed by atoms with van der Waals surface area (Å²) in [6, 6.07) is 17.8. The van der Waals surface area contributed by atoms with Gasteiger partial charge in [-0.05, 0) is 61.7 Å². The molecule has 5 aromatic rings. The van der Waals surface area contributed by atoms with Crippen molar-refractivity contribution in [3.63, 3.8) is 0 Å². The fraction of sp³-hybridized carbons (Fsp3) is 0.250. The predicted octanol–water partition coefficient (Wildman–Crippen LogP) is 5.83. The molecule has 3 aromatic carbocycles. The Hall–Kier alpha value is -4.84. The van der Waals surface area contributed by atoms with Gasteiger partial charge in [-0.25, -0.2) is 9.37 Å². The zero-order valence-corrected chi connectivity index (χ0v) is 27.9. The zero-order valence-electron chi connectivity index (χ0n) is 26.4. The lowest BCUT2D eigenvalue weighted by Crippen LogP contribution is -2.43. The van der Waals surface area contributed by atoms with E-state index in [-0.39, 0.29) is 51.5 Å². The van der Waals surface area contributed by atoms with E-state index in [1.807, 2.05) is 6.07 Å². The van der Waals surface area contributed by atoms with E-state index in [4.69, 9.17) is 43.4 Å². The molecule has 49 heavy (non-hydrogen) atoms. The van der Waals surface area contributed by atoms with Crippen molar-refractivity contribution in [2.75, 3.05) is 20.3 Å². The minimum atomic E-state index is -1.97. The molecule has 0 spiro atoms. The molecule has 0 unspecified atom stereocenters. The number of carbonyl (C=O) groups excluding carboxylic acids is 2. The first-order chi connectivity index (χ1) is 23.4. The number of hydrogen-bond donors (Lipinski definition) is 3. The maximum absolute atomic E-state index is 14.4. The lowest BCUT2D eigenvalue weighted by Gasteiger charge is -2.30. The Morgan fingerprint density at radius 2 is 1.86 bits per heavy atom. The maximum Gasteiger partial charge on any atom is 0.251 e. The van der Waals surface area contributed by atoms with Gasteiger partial charge in [-0.15, -0.1) is 5.10 Å². The largest absolute Gasteiger partial charge is 0.494 e. The van der Waals surface area contributed by atoms with Crippen LogP contribution in [-0.2, 0) is 15.8 Å². The van der Waals surface area contributed by atoms with Crippen LogP contribution in [0, 0.1) is 5.82 Å². The van der Waals surface area contributed by atoms with Crippen molar-refractivity contribution >= 4 is 45.9 Å². The normalized spacial score (nSPS) is 18.0. The lowest BCUT2D eigenvalue weighted by molar-refractivity contribution is -0.123. The second-order valence-electron chi connectivity index (χ2n) is 12.5. The minimum Gasteiger partial charge on any atom is -0.494 e. The van der Waals surface area contributed by atoms with Crippen LogP contribution in [0.4, 0.5) is 4.39 Å². The number of methoxy groups -OCH3 is 1. The van der Waals surface area contributed by atoms with Gasteiger partial charge in [-0.3, -0.25) is 9.59 Å². The molecule has 1 fully saturated rings. The molecule has 1 aliphatic heterocycles. The van der Waals surface area contributed by atoms with Crippen LogP contribution in [0.5, 0.6) is 11.5 Å². The number of halogens is 3. The third kappa shape index (κ3) is 5.61. The number of fused-ring (bicyclic) bond motifs is 2. The minimum absolute atomic E-state index is 0.0441. The van der Waals surface area contributed by atoms with Crippen LogP contribution in [0.15, 0.2) is 66.7 Å². The maximum atomic E-state index is 14.4. The van der Waals surface area contributed by atoms with Gasteiger partial charge in [-0.1, -0.05) is 53.5 Å². The summed E-state index contributed by atoms with van der Waals surface area (Å²) in [6.45, 7) is 1.15. The molecule has 4 N–H and O–H groups in total. The molecule has 2 aromatic heterocycles. The van der Waals surface area contributed by atoms with Gasteiger partial charge in [0.05, 0.1) is 35.1 Å². The average Bonchev–Trinajstić information content (AvgIpc) is 3.91. The standard InChI is InChI=1S/C36H30Cl2FN5O5/c1-35(34(40)46)17-49-32-23(35)15-27(42-31(32)22-10-11-24(39)29(38)28(22)37)36(47,21-6-4-3-5-7-21)16-41-33(45)20-12-19-13-25(18-8-9-18)43-44-30(19)26(14-20)48-2/h3-7,10-15,18,47H,8-9,16-17H2,1-2H3,(H2,40,46)(H,41,45)/t35-,36+/m0/s1. The number of rotatable bonds is 9. The Morgan fingerprint density at radius 1 is 1.10 bits per heavy atom. The molecule has 1 saturated carbocycles. The molecule has 0 saturated heterocycles. The third-order valence-electron chi connectivity index (χ3n) is 9.24. The number of ether oxygens (including phenoxy) is 2. The Bertz CT molecular complexity index is 2170. The molecule has 2 aliphatic rings. The van der Waals surface area contributed by atoms with Gasteiger partial charge >= 0.3 is 0 Å². The number of primary amides is 1. The highest BCUT2D eigenvalue weighted by Gasteiger charge is 2.46. The van der Waals surface area contributed by atoms with Crippen molar-refractivity contribution in [1.82, 2.24) is 20.5 Å². The van der Waals surface area contributed by atoms with Crippen molar-refractivity contribution in [3.8, 4) is 22.8 Å². The number of hydrogen-bond acceptors (Lipinski definition) is 8. The van der Waals surface area contributed by atoms with E-state index in [1.54, 1.807) is 49.4 Å². The first-order valence-corrected chi connectivity index (χ1v) is 16.2. The highest BCUT2D eigenvalue weighted by Crippen LogP contribution is 2.48. The topological polar surface area (TPSA) is 150 Å². The summed E-state index contributed by atoms with van der Waals surface area (Å²) in [5, 5.41) is 24.4. The molecule has 2 amide bonds. The molecule has 2 atom stereocenters. The van der Waals surface area contributed by atoms with Gasteiger partial charge < -0.3 is 25.6 Å². The highest BCUT2D eigenvalue weighted by molar-refractivity contribution is 6.43. The predicted molar refractivity (Wildman–Crippen MR) is 182 cm³/mol. The fourth-order valence-corrected chi connectivity index (χ4v) is 6.47. The van der Waals surface area contributed by atoms with Crippen LogP contribution in [0.2, 0.25) is 10.0 Å². The fourth-order valence-electron chi connectivity index (χ4n) is 6.06. The van der Waals surface area contributed by atoms with E-state index < -0.39 is 28.6 Å². The molecule has 0 bridgehead atoms. The van der Waals surface area contributed by atoms with E-state index in [2.05, 4.69) is 15.5 Å². The van der Waals surface area contributed by atoms with Crippen molar-refractivity contribution < 1.29 is 28.6 Å². The summed E-state index contributed by atoms with van der Waals surface area (Å²) >= 11 is 12.7. The van der Waals surface area contributed by atoms with Gasteiger partial charge in [0.2, 0.25) is 5.91 Å². The molecule has 1 aliphatic carbocycles. The van der Waals surface area contributed by atoms with Gasteiger partial charge in [0.15, 0.2) is 0 Å². The van der Waals surface area contributed by atoms with Crippen molar-refractivity contribution in [2.24, 2.45) is 5.73 Å². The first-order valence-electron chi connectivity index (χ1n) is 15.5. The van der Waals surface area contributed by atoms with Crippen LogP contribution in [0.1, 0.15) is 58.6 Å². The van der Waals surface area contributed by atoms with E-state index in [1.165, 1.54) is 19.2 Å². The van der Waals surface area contributed by atoms with E-state index in [0.29, 0.717) is 33.7 Å². The van der Waals surface area contributed by atoms with Gasteiger partial charge in [-0.2, -0.15) is 5.10 Å². The van der Waals surface area contributed by atoms with Crippen LogP contribution < -0.4 is 20.5 Å². The number of nitrogens with one attached hydrogen (secondary N) is 1. The number of aromatic nitrogens is 3. The van der Waals surface area contributed by atoms with Crippen molar-refractivity contribution in [1.29, 1.82) is 0 Å². The molecule has 13 heteroatoms. The molecule has 3 heterocycles. The Morgan fingerprint density at radius 3 is 2.55 bits per heavy atom. The lowest BCUT2D eigenvalue weighted by atomic mass is 9.80. The summed E-state index contributed by atoms with van der Waals surface area (Å²) in [4.78, 5) is 31.4. The number of benzene rings is 3. The average molecular weight is 703 g/mol. The molecule has 0 radical (unpaired) electrons. The Balaban J connectivity index is 1.34. The number of nitrogens with zero attached hydrogens (tertiary/aromatic N) is 3. The van der Waals surface area contributed by atoms with Gasteiger partial charge in [0, 0.05) is 28.0 Å². The third-order valence-corrected chi connectivity index (χ3v) is 10.1. The number of carbonyl (C=O) groups is 2. The monoisotopic (exact) mass is 701 g/mol. The van der Waals surface area contributed by atoms with Crippen molar-refractivity contribution in [2.45, 2.75) is 36.7 Å². The van der Waals surface area contributed by atoms with Gasteiger partial charge in [0.1, 0.15) is 46.1 Å². The molecule has 7 rings (SSSR count). The number of aliphatic hydroxyl groups is 1.